The number of amides is 1. The van der Waals surface area contributed by atoms with Crippen LogP contribution in [0, 0.1) is 6.92 Å². The zero-order valence-corrected chi connectivity index (χ0v) is 19.3. The molecule has 4 rings (SSSR count). The van der Waals surface area contributed by atoms with Gasteiger partial charge in [0.25, 0.3) is 5.92 Å². The number of hydrogen-bond acceptors (Lipinski definition) is 6. The van der Waals surface area contributed by atoms with Crippen LogP contribution in [0.1, 0.15) is 43.8 Å². The molecule has 1 N–H and O–H groups in total. The molecule has 1 saturated heterocycles. The predicted octanol–water partition coefficient (Wildman–Crippen LogP) is 4.29. The van der Waals surface area contributed by atoms with Crippen LogP contribution in [-0.4, -0.2) is 51.9 Å². The lowest BCUT2D eigenvalue weighted by Crippen LogP contribution is -2.48. The Hall–Kier alpha value is -3.36. The number of halogens is 2. The fraction of sp³-hybridized carbons (Fsp3) is 0.417. The summed E-state index contributed by atoms with van der Waals surface area (Å²) in [6.07, 6.45) is 1.73. The number of pyridine rings is 1. The molecule has 0 saturated carbocycles. The summed E-state index contributed by atoms with van der Waals surface area (Å²) in [5, 5.41) is 4.19. The van der Waals surface area contributed by atoms with E-state index in [-0.39, 0.29) is 17.5 Å². The maximum Gasteiger partial charge on any atom is 0.270 e. The third-order valence-electron chi connectivity index (χ3n) is 5.98. The molecule has 1 aliphatic rings. The highest BCUT2D eigenvalue weighted by atomic mass is 19.3. The predicted molar refractivity (Wildman–Crippen MR) is 125 cm³/mol. The molecule has 0 bridgehead atoms. The van der Waals surface area contributed by atoms with Gasteiger partial charge in [-0.3, -0.25) is 4.79 Å². The second-order valence-corrected chi connectivity index (χ2v) is 8.55. The van der Waals surface area contributed by atoms with Crippen molar-refractivity contribution in [3.05, 3.63) is 53.5 Å². The molecule has 0 radical (unpaired) electrons. The van der Waals surface area contributed by atoms with Crippen LogP contribution >= 0.6 is 0 Å². The lowest BCUT2D eigenvalue weighted by molar-refractivity contribution is -0.129. The minimum atomic E-state index is -2.90. The Balaban J connectivity index is 1.62. The van der Waals surface area contributed by atoms with Crippen molar-refractivity contribution in [3.8, 4) is 0 Å². The molecule has 1 atom stereocenters. The van der Waals surface area contributed by atoms with E-state index < -0.39 is 5.92 Å². The number of rotatable bonds is 5. The smallest absolute Gasteiger partial charge is 0.270 e. The van der Waals surface area contributed by atoms with Crippen LogP contribution in [0.15, 0.2) is 36.5 Å². The fourth-order valence-corrected chi connectivity index (χ4v) is 4.04. The van der Waals surface area contributed by atoms with E-state index in [1.165, 1.54) is 12.1 Å². The summed E-state index contributed by atoms with van der Waals surface area (Å²) in [6, 6.07) is 8.13. The van der Waals surface area contributed by atoms with Crippen molar-refractivity contribution in [3.63, 3.8) is 0 Å². The third-order valence-corrected chi connectivity index (χ3v) is 5.98. The van der Waals surface area contributed by atoms with Gasteiger partial charge in [0.15, 0.2) is 0 Å². The molecular weight excluding hydrogens is 426 g/mol. The average molecular weight is 455 g/mol. The van der Waals surface area contributed by atoms with E-state index in [0.717, 1.165) is 23.7 Å². The molecule has 1 amide bonds. The Labute approximate surface area is 191 Å². The summed E-state index contributed by atoms with van der Waals surface area (Å²) in [5.74, 6) is -0.807. The van der Waals surface area contributed by atoms with Crippen molar-refractivity contribution in [1.82, 2.24) is 19.9 Å². The minimum Gasteiger partial charge on any atom is -0.363 e. The topological polar surface area (TPSA) is 74.2 Å². The number of anilines is 2. The van der Waals surface area contributed by atoms with E-state index in [2.05, 4.69) is 25.2 Å². The van der Waals surface area contributed by atoms with E-state index in [1.807, 2.05) is 30.9 Å². The molecule has 7 nitrogen and oxygen atoms in total. The second kappa shape index (κ2) is 8.88. The Morgan fingerprint density at radius 2 is 1.88 bits per heavy atom. The molecule has 0 aliphatic carbocycles. The van der Waals surface area contributed by atoms with Crippen molar-refractivity contribution < 1.29 is 13.6 Å². The van der Waals surface area contributed by atoms with Crippen LogP contribution in [0.25, 0.3) is 10.9 Å². The molecular formula is C24H28F2N6O. The van der Waals surface area contributed by atoms with E-state index >= 15 is 0 Å². The lowest BCUT2D eigenvalue weighted by Gasteiger charge is -2.35. The number of carbonyl (C=O) groups is 1. The number of carbonyl (C=O) groups excluding carboxylic acids is 1. The van der Waals surface area contributed by atoms with E-state index in [0.29, 0.717) is 43.3 Å². The van der Waals surface area contributed by atoms with E-state index in [1.54, 1.807) is 19.2 Å². The average Bonchev–Trinajstić information content (AvgIpc) is 2.78. The van der Waals surface area contributed by atoms with E-state index in [9.17, 15) is 13.6 Å². The first-order valence-corrected chi connectivity index (χ1v) is 11.0. The fourth-order valence-electron chi connectivity index (χ4n) is 4.04. The maximum absolute atomic E-state index is 13.8. The molecule has 9 heteroatoms. The van der Waals surface area contributed by atoms with Crippen LogP contribution in [0.3, 0.4) is 0 Å². The highest BCUT2D eigenvalue weighted by molar-refractivity contribution is 5.90. The summed E-state index contributed by atoms with van der Waals surface area (Å²) in [5.41, 5.74) is 1.43. The Morgan fingerprint density at radius 1 is 1.15 bits per heavy atom. The van der Waals surface area contributed by atoms with Crippen LogP contribution < -0.4 is 10.2 Å². The van der Waals surface area contributed by atoms with E-state index in [4.69, 9.17) is 0 Å². The number of hydrogen-bond donors (Lipinski definition) is 1. The first-order valence-electron chi connectivity index (χ1n) is 11.0. The first-order chi connectivity index (χ1) is 15.6. The number of nitrogens with zero attached hydrogens (tertiary/aromatic N) is 5. The number of fused-ring (bicyclic) bond motifs is 1. The zero-order valence-electron chi connectivity index (χ0n) is 19.3. The molecule has 1 aromatic carbocycles. The molecule has 1 fully saturated rings. The largest absolute Gasteiger partial charge is 0.363 e. The Kier molecular flexibility index (Phi) is 6.14. The summed E-state index contributed by atoms with van der Waals surface area (Å²) in [6.45, 7) is 8.90. The Bertz CT molecular complexity index is 1170. The van der Waals surface area contributed by atoms with Crippen LogP contribution in [0.4, 0.5) is 20.4 Å². The molecule has 0 spiro atoms. The summed E-state index contributed by atoms with van der Waals surface area (Å²) >= 11 is 0. The molecule has 3 aromatic rings. The summed E-state index contributed by atoms with van der Waals surface area (Å²) in [7, 11) is 0. The highest BCUT2D eigenvalue weighted by Gasteiger charge is 2.25. The van der Waals surface area contributed by atoms with Gasteiger partial charge in [0.2, 0.25) is 5.91 Å². The zero-order chi connectivity index (χ0) is 23.8. The van der Waals surface area contributed by atoms with Gasteiger partial charge in [-0.2, -0.15) is 0 Å². The lowest BCUT2D eigenvalue weighted by atomic mass is 10.0. The van der Waals surface area contributed by atoms with Crippen LogP contribution in [0.5, 0.6) is 0 Å². The van der Waals surface area contributed by atoms with Gasteiger partial charge >= 0.3 is 0 Å². The van der Waals surface area contributed by atoms with Crippen molar-refractivity contribution >= 4 is 28.4 Å². The normalized spacial score (nSPS) is 15.6. The summed E-state index contributed by atoms with van der Waals surface area (Å²) < 4.78 is 27.6. The molecule has 2 aromatic heterocycles. The second-order valence-electron chi connectivity index (χ2n) is 8.55. The number of aromatic nitrogens is 3. The number of aryl methyl sites for hydroxylation is 1. The number of nitrogens with one attached hydrogen (secondary N) is 1. The maximum atomic E-state index is 13.8. The van der Waals surface area contributed by atoms with Gasteiger partial charge in [-0.15, -0.1) is 0 Å². The van der Waals surface area contributed by atoms with Gasteiger partial charge in [0, 0.05) is 57.0 Å². The monoisotopic (exact) mass is 454 g/mol. The molecule has 33 heavy (non-hydrogen) atoms. The van der Waals surface area contributed by atoms with Gasteiger partial charge < -0.3 is 15.1 Å². The number of alkyl halides is 2. The summed E-state index contributed by atoms with van der Waals surface area (Å²) in [4.78, 5) is 29.2. The molecule has 1 unspecified atom stereocenters. The van der Waals surface area contributed by atoms with Crippen molar-refractivity contribution in [2.75, 3.05) is 36.4 Å². The SMILES string of the molecule is CC(=O)N1CCN(c2cc3c(NC(C)c4cccc(C(C)(F)F)c4)nc(C)nc3cn2)CC1. The number of piperazine rings is 1. The molecule has 3 heterocycles. The van der Waals surface area contributed by atoms with Gasteiger partial charge in [-0.05, 0) is 31.5 Å². The highest BCUT2D eigenvalue weighted by Crippen LogP contribution is 2.31. The van der Waals surface area contributed by atoms with Gasteiger partial charge in [0.05, 0.1) is 11.7 Å². The van der Waals surface area contributed by atoms with Crippen molar-refractivity contribution in [2.45, 2.75) is 39.7 Å². The number of benzene rings is 1. The molecule has 1 aliphatic heterocycles. The van der Waals surface area contributed by atoms with Crippen molar-refractivity contribution in [2.24, 2.45) is 0 Å². The minimum absolute atomic E-state index is 0.0198. The van der Waals surface area contributed by atoms with Crippen LogP contribution in [-0.2, 0) is 10.7 Å². The quantitative estimate of drug-likeness (QED) is 0.620. The van der Waals surface area contributed by atoms with Gasteiger partial charge in [0.1, 0.15) is 17.5 Å². The van der Waals surface area contributed by atoms with Crippen molar-refractivity contribution in [1.29, 1.82) is 0 Å². The van der Waals surface area contributed by atoms with Gasteiger partial charge in [-0.25, -0.2) is 23.7 Å². The first kappa shape index (κ1) is 22.8. The standard InChI is InChI=1S/C24H28F2N6O/c1-15(18-6-5-7-19(12-18)24(4,25)26)28-23-20-13-22(27-14-21(20)29-16(2)30-23)32-10-8-31(9-11-32)17(3)33/h5-7,12-15H,8-11H2,1-4H3,(H,28,29,30). The van der Waals surface area contributed by atoms with Gasteiger partial charge in [-0.1, -0.05) is 18.2 Å². The Morgan fingerprint density at radius 3 is 2.55 bits per heavy atom. The van der Waals surface area contributed by atoms with Crippen LogP contribution in [0.2, 0.25) is 0 Å². The third kappa shape index (κ3) is 5.02. The molecule has 174 valence electrons.